The van der Waals surface area contributed by atoms with Gasteiger partial charge < -0.3 is 15.0 Å². The van der Waals surface area contributed by atoms with Gasteiger partial charge in [-0.15, -0.1) is 0 Å². The Labute approximate surface area is 296 Å². The summed E-state index contributed by atoms with van der Waals surface area (Å²) in [5, 5.41) is 4.20. The molecule has 1 aromatic carbocycles. The summed E-state index contributed by atoms with van der Waals surface area (Å²) in [6.07, 6.45) is 16.4. The molecule has 0 bridgehead atoms. The fourth-order valence-corrected chi connectivity index (χ4v) is 14.7. The lowest BCUT2D eigenvalue weighted by molar-refractivity contribution is -0.213. The minimum Gasteiger partial charge on any atom is -0.465 e. The molecule has 6 aliphatic rings. The van der Waals surface area contributed by atoms with Crippen molar-refractivity contribution in [1.29, 1.82) is 0 Å². The minimum atomic E-state index is -2.85. The second-order valence-corrected chi connectivity index (χ2v) is 20.5. The van der Waals surface area contributed by atoms with E-state index < -0.39 is 9.84 Å². The SMILES string of the molecule is CC=C1CCC2(NCCN3CCS(=O)(=O)CC3)CCC3(C)C(CCC4C5(C)CC=C(c6ccc(C(=O)OC)cc6)C(C)(C)C5CCC43C)C12. The van der Waals surface area contributed by atoms with Gasteiger partial charge in [0.2, 0.25) is 0 Å². The fourth-order valence-electron chi connectivity index (χ4n) is 13.5. The first-order chi connectivity index (χ1) is 23.1. The number of nitrogens with one attached hydrogen (secondary N) is 1. The van der Waals surface area contributed by atoms with Gasteiger partial charge >= 0.3 is 5.97 Å². The summed E-state index contributed by atoms with van der Waals surface area (Å²) in [6.45, 7) is 18.6. The van der Waals surface area contributed by atoms with Gasteiger partial charge in [-0.3, -0.25) is 0 Å². The normalized spacial score (nSPS) is 41.9. The number of carbonyl (C=O) groups is 1. The predicted octanol–water partition coefficient (Wildman–Crippen LogP) is 7.95. The van der Waals surface area contributed by atoms with Crippen LogP contribution >= 0.6 is 0 Å². The van der Waals surface area contributed by atoms with E-state index in [0.717, 1.165) is 19.5 Å². The van der Waals surface area contributed by atoms with Crippen LogP contribution in [-0.2, 0) is 14.6 Å². The summed E-state index contributed by atoms with van der Waals surface area (Å²) in [7, 11) is -1.41. The lowest BCUT2D eigenvalue weighted by Gasteiger charge is -2.72. The molecule has 0 amide bonds. The van der Waals surface area contributed by atoms with Crippen LogP contribution in [0.4, 0.5) is 0 Å². The molecule has 49 heavy (non-hydrogen) atoms. The van der Waals surface area contributed by atoms with Crippen LogP contribution in [-0.4, -0.2) is 69.6 Å². The average molecular weight is 691 g/mol. The van der Waals surface area contributed by atoms with Crippen LogP contribution in [0.2, 0.25) is 0 Å². The van der Waals surface area contributed by atoms with Gasteiger partial charge in [0.1, 0.15) is 0 Å². The summed E-state index contributed by atoms with van der Waals surface area (Å²) in [6, 6.07) is 8.10. The van der Waals surface area contributed by atoms with Crippen LogP contribution < -0.4 is 5.32 Å². The van der Waals surface area contributed by atoms with E-state index >= 15 is 0 Å². The van der Waals surface area contributed by atoms with E-state index in [-0.39, 0.29) is 22.3 Å². The van der Waals surface area contributed by atoms with Crippen LogP contribution in [0, 0.1) is 45.3 Å². The Kier molecular flexibility index (Phi) is 8.92. The number of benzene rings is 1. The Morgan fingerprint density at radius 3 is 2.33 bits per heavy atom. The van der Waals surface area contributed by atoms with E-state index in [4.69, 9.17) is 4.74 Å². The molecule has 1 N–H and O–H groups in total. The maximum atomic E-state index is 12.1. The molecule has 5 aliphatic carbocycles. The molecule has 8 atom stereocenters. The number of hydrogen-bond donors (Lipinski definition) is 1. The number of ether oxygens (including phenoxy) is 1. The topological polar surface area (TPSA) is 75.7 Å². The van der Waals surface area contributed by atoms with Crippen LogP contribution in [0.3, 0.4) is 0 Å². The van der Waals surface area contributed by atoms with E-state index in [1.807, 2.05) is 12.1 Å². The standard InChI is InChI=1S/C42H62N2O4S/c1-8-29-15-20-42(43-23-24-44-25-27-49(46,47)28-26-44)22-21-40(5)33(36(29)42)13-14-35-39(4)18-16-32(30-9-11-31(12-10-30)37(45)48-7)38(2,3)34(39)17-19-41(35,40)6/h8-12,16,33-36,43H,13-15,17-28H2,1-7H3. The van der Waals surface area contributed by atoms with Gasteiger partial charge in [0.25, 0.3) is 0 Å². The number of sulfone groups is 1. The van der Waals surface area contributed by atoms with Gasteiger partial charge in [-0.05, 0) is 127 Å². The van der Waals surface area contributed by atoms with E-state index in [0.29, 0.717) is 64.7 Å². The number of esters is 1. The number of carbonyl (C=O) groups excluding carboxylic acids is 1. The second-order valence-electron chi connectivity index (χ2n) is 18.2. The molecule has 0 radical (unpaired) electrons. The summed E-state index contributed by atoms with van der Waals surface area (Å²) < 4.78 is 29.0. The minimum absolute atomic E-state index is 0.0482. The highest BCUT2D eigenvalue weighted by Gasteiger charge is 2.69. The van der Waals surface area contributed by atoms with Gasteiger partial charge in [-0.25, -0.2) is 13.2 Å². The Hall–Kier alpha value is -1.96. The first-order valence-electron chi connectivity index (χ1n) is 19.4. The van der Waals surface area contributed by atoms with Crippen molar-refractivity contribution in [2.24, 2.45) is 45.3 Å². The van der Waals surface area contributed by atoms with Crippen molar-refractivity contribution in [3.8, 4) is 0 Å². The highest BCUT2D eigenvalue weighted by molar-refractivity contribution is 7.91. The van der Waals surface area contributed by atoms with E-state index in [1.165, 1.54) is 69.6 Å². The maximum absolute atomic E-state index is 12.1. The van der Waals surface area contributed by atoms with Crippen LogP contribution in [0.5, 0.6) is 0 Å². The zero-order chi connectivity index (χ0) is 35.0. The maximum Gasteiger partial charge on any atom is 0.337 e. The Morgan fingerprint density at radius 2 is 1.65 bits per heavy atom. The number of fused-ring (bicyclic) bond motifs is 7. The van der Waals surface area contributed by atoms with Gasteiger partial charge in [0.15, 0.2) is 9.84 Å². The van der Waals surface area contributed by atoms with E-state index in [9.17, 15) is 13.2 Å². The Morgan fingerprint density at radius 1 is 0.939 bits per heavy atom. The van der Waals surface area contributed by atoms with Crippen molar-refractivity contribution >= 4 is 21.4 Å². The number of methoxy groups -OCH3 is 1. The second kappa shape index (κ2) is 12.3. The van der Waals surface area contributed by atoms with Gasteiger partial charge in [-0.2, -0.15) is 0 Å². The van der Waals surface area contributed by atoms with Gasteiger partial charge in [0.05, 0.1) is 24.2 Å². The van der Waals surface area contributed by atoms with E-state index in [2.05, 4.69) is 76.0 Å². The van der Waals surface area contributed by atoms with Crippen molar-refractivity contribution in [2.45, 2.75) is 105 Å². The molecule has 8 unspecified atom stereocenters. The molecule has 0 aromatic heterocycles. The largest absolute Gasteiger partial charge is 0.465 e. The molecule has 7 rings (SSSR count). The third-order valence-corrected chi connectivity index (χ3v) is 17.8. The third-order valence-electron chi connectivity index (χ3n) is 16.2. The predicted molar refractivity (Wildman–Crippen MR) is 199 cm³/mol. The van der Waals surface area contributed by atoms with Crippen LogP contribution in [0.25, 0.3) is 5.57 Å². The van der Waals surface area contributed by atoms with Gasteiger partial charge in [0, 0.05) is 37.6 Å². The molecule has 270 valence electrons. The summed E-state index contributed by atoms with van der Waals surface area (Å²) in [5.74, 6) is 2.95. The molecule has 6 nitrogen and oxygen atoms in total. The molecule has 1 aliphatic heterocycles. The number of nitrogens with zero attached hydrogens (tertiary/aromatic N) is 1. The monoisotopic (exact) mass is 690 g/mol. The number of rotatable bonds is 6. The van der Waals surface area contributed by atoms with Crippen molar-refractivity contribution < 1.29 is 17.9 Å². The average Bonchev–Trinajstić information content (AvgIpc) is 3.44. The van der Waals surface area contributed by atoms with E-state index in [1.54, 1.807) is 5.57 Å². The molecule has 1 saturated heterocycles. The summed E-state index contributed by atoms with van der Waals surface area (Å²) in [5.41, 5.74) is 6.07. The van der Waals surface area contributed by atoms with Crippen molar-refractivity contribution in [1.82, 2.24) is 10.2 Å². The molecule has 1 aromatic rings. The van der Waals surface area contributed by atoms with Crippen molar-refractivity contribution in [2.75, 3.05) is 44.8 Å². The zero-order valence-corrected chi connectivity index (χ0v) is 32.2. The zero-order valence-electron chi connectivity index (χ0n) is 31.4. The Balaban J connectivity index is 1.13. The third kappa shape index (κ3) is 5.45. The van der Waals surface area contributed by atoms with Gasteiger partial charge in [-0.1, -0.05) is 64.5 Å². The number of hydrogen-bond acceptors (Lipinski definition) is 6. The molecular formula is C42H62N2O4S. The smallest absolute Gasteiger partial charge is 0.337 e. The first-order valence-corrected chi connectivity index (χ1v) is 21.2. The lowest BCUT2D eigenvalue weighted by atomic mass is 9.33. The molecule has 0 spiro atoms. The first kappa shape index (κ1) is 35.4. The number of allylic oxidation sites excluding steroid dienone is 3. The quantitative estimate of drug-likeness (QED) is 0.241. The van der Waals surface area contributed by atoms with Crippen LogP contribution in [0.15, 0.2) is 42.0 Å². The lowest BCUT2D eigenvalue weighted by Crippen LogP contribution is -2.67. The Bertz CT molecular complexity index is 1620. The highest BCUT2D eigenvalue weighted by atomic mass is 32.2. The van der Waals surface area contributed by atoms with Crippen molar-refractivity contribution in [3.05, 3.63) is 53.1 Å². The summed E-state index contributed by atoms with van der Waals surface area (Å²) >= 11 is 0. The molecule has 7 heteroatoms. The molecular weight excluding hydrogens is 629 g/mol. The molecule has 5 fully saturated rings. The highest BCUT2D eigenvalue weighted by Crippen LogP contribution is 2.76. The molecule has 4 saturated carbocycles. The van der Waals surface area contributed by atoms with Crippen LogP contribution in [0.1, 0.15) is 115 Å². The summed E-state index contributed by atoms with van der Waals surface area (Å²) in [4.78, 5) is 14.5. The molecule has 1 heterocycles. The van der Waals surface area contributed by atoms with Crippen molar-refractivity contribution in [3.63, 3.8) is 0 Å². The fraction of sp³-hybridized carbons (Fsp3) is 0.738.